The molecule has 98 valence electrons. The van der Waals surface area contributed by atoms with Crippen molar-refractivity contribution in [2.75, 3.05) is 6.61 Å². The zero-order valence-electron chi connectivity index (χ0n) is 9.53. The van der Waals surface area contributed by atoms with Gasteiger partial charge in [0.2, 0.25) is 0 Å². The van der Waals surface area contributed by atoms with Gasteiger partial charge in [0, 0.05) is 5.02 Å². The summed E-state index contributed by atoms with van der Waals surface area (Å²) in [6.07, 6.45) is 3.22. The molecule has 3 nitrogen and oxygen atoms in total. The number of esters is 1. The third-order valence-electron chi connectivity index (χ3n) is 1.83. The van der Waals surface area contributed by atoms with Crippen molar-refractivity contribution in [3.05, 3.63) is 40.4 Å². The molecule has 0 amide bonds. The molecule has 1 aromatic rings. The maximum atomic E-state index is 11.3. The highest BCUT2D eigenvalue weighted by atomic mass is 35.5. The molecule has 0 aliphatic carbocycles. The van der Waals surface area contributed by atoms with E-state index in [1.54, 1.807) is 25.1 Å². The van der Waals surface area contributed by atoms with E-state index < -0.39 is 11.5 Å². The van der Waals surface area contributed by atoms with Crippen LogP contribution in [0.4, 0.5) is 0 Å². The van der Waals surface area contributed by atoms with Crippen molar-refractivity contribution < 1.29 is 14.3 Å². The van der Waals surface area contributed by atoms with Crippen molar-refractivity contribution in [1.82, 2.24) is 0 Å². The summed E-state index contributed by atoms with van der Waals surface area (Å²) in [4.78, 5) is 11.3. The van der Waals surface area contributed by atoms with Crippen LogP contribution in [0.15, 0.2) is 30.4 Å². The Bertz CT molecular complexity index is 446. The second-order valence-corrected chi connectivity index (χ2v) is 4.50. The Morgan fingerprint density at radius 3 is 2.78 bits per heavy atom. The maximum absolute atomic E-state index is 11.3. The molecule has 0 bridgehead atoms. The molecule has 0 fully saturated rings. The molecule has 1 atom stereocenters. The molecule has 0 radical (unpaired) electrons. The highest BCUT2D eigenvalue weighted by Gasteiger charge is 2.10. The van der Waals surface area contributed by atoms with Gasteiger partial charge in [0.15, 0.2) is 12.2 Å². The topological polar surface area (TPSA) is 35.5 Å². The smallest absolute Gasteiger partial charge is 0.345 e. The Morgan fingerprint density at radius 2 is 2.17 bits per heavy atom. The lowest BCUT2D eigenvalue weighted by molar-refractivity contribution is -0.146. The zero-order valence-corrected chi connectivity index (χ0v) is 11.8. The molecule has 18 heavy (non-hydrogen) atoms. The van der Waals surface area contributed by atoms with E-state index in [2.05, 4.69) is 0 Å². The fraction of sp³-hybridized carbons (Fsp3) is 0.250. The first-order valence-corrected chi connectivity index (χ1v) is 6.26. The largest absolute Gasteiger partial charge is 0.480 e. The number of rotatable bonds is 5. The third-order valence-corrected chi connectivity index (χ3v) is 2.59. The molecule has 0 saturated heterocycles. The van der Waals surface area contributed by atoms with Gasteiger partial charge in [-0.05, 0) is 31.2 Å². The van der Waals surface area contributed by atoms with Crippen molar-refractivity contribution in [3.8, 4) is 5.75 Å². The van der Waals surface area contributed by atoms with Crippen LogP contribution in [0.2, 0.25) is 10.0 Å². The Morgan fingerprint density at radius 1 is 1.44 bits per heavy atom. The molecule has 0 spiro atoms. The van der Waals surface area contributed by atoms with Crippen LogP contribution in [-0.2, 0) is 9.53 Å². The van der Waals surface area contributed by atoms with E-state index in [4.69, 9.17) is 44.3 Å². The second-order valence-electron chi connectivity index (χ2n) is 3.23. The fourth-order valence-electron chi connectivity index (χ4n) is 1.08. The summed E-state index contributed by atoms with van der Waals surface area (Å²) in [6, 6.07) is 4.70. The van der Waals surface area contributed by atoms with Crippen molar-refractivity contribution in [2.45, 2.75) is 12.5 Å². The van der Waals surface area contributed by atoms with Crippen molar-refractivity contribution >= 4 is 40.8 Å². The van der Waals surface area contributed by atoms with Gasteiger partial charge in [0.05, 0.1) is 5.02 Å². The third kappa shape index (κ3) is 5.17. The van der Waals surface area contributed by atoms with Crippen LogP contribution >= 0.6 is 34.8 Å². The molecular formula is C12H11Cl3O3. The number of ether oxygens (including phenoxy) is 2. The highest BCUT2D eigenvalue weighted by Crippen LogP contribution is 2.27. The molecule has 1 aromatic carbocycles. The lowest BCUT2D eigenvalue weighted by atomic mass is 10.3. The van der Waals surface area contributed by atoms with E-state index in [0.29, 0.717) is 15.8 Å². The molecule has 0 N–H and O–H groups in total. The minimum atomic E-state index is -0.799. The average Bonchev–Trinajstić information content (AvgIpc) is 2.28. The van der Waals surface area contributed by atoms with Crippen molar-refractivity contribution in [2.24, 2.45) is 0 Å². The van der Waals surface area contributed by atoms with Gasteiger partial charge in [0.25, 0.3) is 0 Å². The van der Waals surface area contributed by atoms with Crippen LogP contribution in [0.25, 0.3) is 0 Å². The fourth-order valence-corrected chi connectivity index (χ4v) is 1.79. The Labute approximate surface area is 120 Å². The van der Waals surface area contributed by atoms with Gasteiger partial charge >= 0.3 is 5.97 Å². The predicted octanol–water partition coefficient (Wildman–Crippen LogP) is 4.06. The molecule has 0 aromatic heterocycles. The summed E-state index contributed by atoms with van der Waals surface area (Å²) in [5, 5.41) is 0.815. The average molecular weight is 310 g/mol. The number of alkyl halides is 1. The molecule has 0 aliphatic rings. The standard InChI is InChI=1S/C12H11Cl3O3/c1-2-3-11(15)18-12(16)7-17-10-5-4-8(13)6-9(10)14/h2-6,11H,7H2,1H3/b3-2+/t11-/m1/s1. The summed E-state index contributed by atoms with van der Waals surface area (Å²) >= 11 is 17.3. The molecule has 1 rings (SSSR count). The maximum Gasteiger partial charge on any atom is 0.345 e. The number of benzene rings is 1. The number of hydrogen-bond donors (Lipinski definition) is 0. The van der Waals surface area contributed by atoms with E-state index >= 15 is 0 Å². The van der Waals surface area contributed by atoms with Crippen LogP contribution in [0.1, 0.15) is 6.92 Å². The minimum Gasteiger partial charge on any atom is -0.480 e. The summed E-state index contributed by atoms with van der Waals surface area (Å²) in [5.41, 5.74) is -0.799. The Kier molecular flexibility index (Phi) is 6.33. The first kappa shape index (κ1) is 15.2. The molecular weight excluding hydrogens is 298 g/mol. The number of hydrogen-bond acceptors (Lipinski definition) is 3. The number of carbonyl (C=O) groups is 1. The zero-order chi connectivity index (χ0) is 13.5. The first-order valence-electron chi connectivity index (χ1n) is 5.07. The predicted molar refractivity (Wildman–Crippen MR) is 72.5 cm³/mol. The quantitative estimate of drug-likeness (QED) is 0.467. The van der Waals surface area contributed by atoms with E-state index in [-0.39, 0.29) is 6.61 Å². The van der Waals surface area contributed by atoms with Gasteiger partial charge < -0.3 is 9.47 Å². The van der Waals surface area contributed by atoms with Crippen LogP contribution in [0.5, 0.6) is 5.75 Å². The molecule has 0 saturated carbocycles. The van der Waals surface area contributed by atoms with Gasteiger partial charge in [-0.25, -0.2) is 4.79 Å². The Balaban J connectivity index is 2.47. The lowest BCUT2D eigenvalue weighted by Crippen LogP contribution is -2.18. The minimum absolute atomic E-state index is 0.276. The summed E-state index contributed by atoms with van der Waals surface area (Å²) in [7, 11) is 0. The van der Waals surface area contributed by atoms with Gasteiger partial charge in [-0.1, -0.05) is 40.9 Å². The highest BCUT2D eigenvalue weighted by molar-refractivity contribution is 6.35. The van der Waals surface area contributed by atoms with Crippen molar-refractivity contribution in [3.63, 3.8) is 0 Å². The molecule has 0 aliphatic heterocycles. The molecule has 0 heterocycles. The van der Waals surface area contributed by atoms with Crippen LogP contribution in [0.3, 0.4) is 0 Å². The van der Waals surface area contributed by atoms with E-state index in [1.807, 2.05) is 0 Å². The van der Waals surface area contributed by atoms with Crippen LogP contribution in [-0.4, -0.2) is 18.1 Å². The Hall–Kier alpha value is -0.900. The van der Waals surface area contributed by atoms with Gasteiger partial charge in [-0.3, -0.25) is 0 Å². The van der Waals surface area contributed by atoms with Gasteiger partial charge in [0.1, 0.15) is 5.75 Å². The van der Waals surface area contributed by atoms with Crippen LogP contribution < -0.4 is 4.74 Å². The van der Waals surface area contributed by atoms with E-state index in [9.17, 15) is 4.79 Å². The lowest BCUT2D eigenvalue weighted by Gasteiger charge is -2.09. The molecule has 0 unspecified atom stereocenters. The number of halogens is 3. The van der Waals surface area contributed by atoms with Crippen molar-refractivity contribution in [1.29, 1.82) is 0 Å². The summed E-state index contributed by atoms with van der Waals surface area (Å²) in [6.45, 7) is 1.50. The number of allylic oxidation sites excluding steroid dienone is 1. The number of carbonyl (C=O) groups excluding carboxylic acids is 1. The van der Waals surface area contributed by atoms with Gasteiger partial charge in [-0.15, -0.1) is 0 Å². The van der Waals surface area contributed by atoms with E-state index in [0.717, 1.165) is 0 Å². The monoisotopic (exact) mass is 308 g/mol. The second kappa shape index (κ2) is 7.52. The molecule has 6 heteroatoms. The first-order chi connectivity index (χ1) is 8.52. The van der Waals surface area contributed by atoms with Gasteiger partial charge in [-0.2, -0.15) is 0 Å². The summed E-state index contributed by atoms with van der Waals surface area (Å²) < 4.78 is 10.0. The van der Waals surface area contributed by atoms with Crippen LogP contribution in [0, 0.1) is 0 Å². The summed E-state index contributed by atoms with van der Waals surface area (Å²) in [5.74, 6) is -0.228. The SMILES string of the molecule is C/C=C/[C@H](Cl)OC(=O)COc1ccc(Cl)cc1Cl. The van der Waals surface area contributed by atoms with E-state index in [1.165, 1.54) is 12.1 Å². The normalized spacial score (nSPS) is 12.4.